The smallest absolute Gasteiger partial charge is 0.254 e. The van der Waals surface area contributed by atoms with Crippen LogP contribution in [0.2, 0.25) is 0 Å². The van der Waals surface area contributed by atoms with Gasteiger partial charge in [0, 0.05) is 27.5 Å². The van der Waals surface area contributed by atoms with Gasteiger partial charge in [-0.1, -0.05) is 66.4 Å². The number of nitrogens with one attached hydrogen (secondary N) is 3. The summed E-state index contributed by atoms with van der Waals surface area (Å²) < 4.78 is 0. The Hall–Kier alpha value is -4.32. The molecular formula is C31H26N4O2S2. The lowest BCUT2D eigenvalue weighted by Crippen LogP contribution is -2.31. The predicted octanol–water partition coefficient (Wildman–Crippen LogP) is 6.92. The number of rotatable bonds is 7. The van der Waals surface area contributed by atoms with E-state index in [1.807, 2.05) is 98.1 Å². The quantitative estimate of drug-likeness (QED) is 0.232. The molecule has 2 amide bonds. The van der Waals surface area contributed by atoms with Gasteiger partial charge in [-0.2, -0.15) is 5.26 Å². The summed E-state index contributed by atoms with van der Waals surface area (Å²) in [4.78, 5) is 27.3. The van der Waals surface area contributed by atoms with Crippen LogP contribution in [0.3, 0.4) is 0 Å². The van der Waals surface area contributed by atoms with Gasteiger partial charge in [0.05, 0.1) is 28.3 Å². The molecular weight excluding hydrogens is 525 g/mol. The minimum absolute atomic E-state index is 0.107. The topological polar surface area (TPSA) is 94.0 Å². The van der Waals surface area contributed by atoms with Gasteiger partial charge in [-0.15, -0.1) is 11.3 Å². The molecule has 194 valence electrons. The molecule has 4 aromatic rings. The monoisotopic (exact) mass is 550 g/mol. The molecule has 1 aliphatic rings. The minimum Gasteiger partial charge on any atom is -0.353 e. The highest BCUT2D eigenvalue weighted by Gasteiger charge is 2.35. The van der Waals surface area contributed by atoms with Gasteiger partial charge in [0.2, 0.25) is 5.91 Å². The summed E-state index contributed by atoms with van der Waals surface area (Å²) in [6.45, 7) is 3.77. The van der Waals surface area contributed by atoms with Gasteiger partial charge >= 0.3 is 0 Å². The Morgan fingerprint density at radius 1 is 0.974 bits per heavy atom. The first-order valence-corrected chi connectivity index (χ1v) is 14.2. The number of thiophene rings is 1. The van der Waals surface area contributed by atoms with Crippen molar-refractivity contribution in [2.24, 2.45) is 0 Å². The van der Waals surface area contributed by atoms with Crippen LogP contribution < -0.4 is 16.0 Å². The second-order valence-electron chi connectivity index (χ2n) is 9.13. The molecule has 5 rings (SSSR count). The fourth-order valence-electron chi connectivity index (χ4n) is 4.57. The lowest BCUT2D eigenvalue weighted by atomic mass is 9.86. The number of hydrogen-bond donors (Lipinski definition) is 3. The standard InChI is InChI=1S/C31H26N4O2S2/c1-19-8-3-6-11-25(19)35-30(37)28-20(2)33-31(24(17-32)29(28)26-12-7-15-38-26)39-18-27(36)34-23-14-13-21-9-4-5-10-22(21)16-23/h3-16,29,33H,18H2,1-2H3,(H,34,36)(H,35,37)/t29-/m0/s1. The van der Waals surface area contributed by atoms with Crippen LogP contribution in [0.4, 0.5) is 11.4 Å². The number of anilines is 2. The fourth-order valence-corrected chi connectivity index (χ4v) is 6.31. The summed E-state index contributed by atoms with van der Waals surface area (Å²) in [7, 11) is 0. The Balaban J connectivity index is 1.37. The molecule has 1 atom stereocenters. The predicted molar refractivity (Wildman–Crippen MR) is 160 cm³/mol. The Kier molecular flexibility index (Phi) is 7.82. The van der Waals surface area contributed by atoms with Crippen LogP contribution in [-0.4, -0.2) is 17.6 Å². The summed E-state index contributed by atoms with van der Waals surface area (Å²) in [5, 5.41) is 24.1. The van der Waals surface area contributed by atoms with Crippen molar-refractivity contribution in [3.05, 3.63) is 117 Å². The maximum Gasteiger partial charge on any atom is 0.254 e. The van der Waals surface area contributed by atoms with Crippen molar-refractivity contribution < 1.29 is 9.59 Å². The van der Waals surface area contributed by atoms with Crippen LogP contribution in [0, 0.1) is 18.3 Å². The van der Waals surface area contributed by atoms with Gasteiger partial charge in [0.25, 0.3) is 5.91 Å². The molecule has 0 saturated heterocycles. The third kappa shape index (κ3) is 5.75. The normalized spacial score (nSPS) is 15.1. The number of allylic oxidation sites excluding steroid dienone is 2. The number of amides is 2. The molecule has 0 saturated carbocycles. The molecule has 3 N–H and O–H groups in total. The zero-order valence-electron chi connectivity index (χ0n) is 21.4. The molecule has 0 aliphatic carbocycles. The molecule has 0 radical (unpaired) electrons. The van der Waals surface area contributed by atoms with Crippen LogP contribution >= 0.6 is 23.1 Å². The van der Waals surface area contributed by atoms with Gasteiger partial charge < -0.3 is 16.0 Å². The van der Waals surface area contributed by atoms with Gasteiger partial charge in [-0.05, 0) is 59.8 Å². The van der Waals surface area contributed by atoms with Crippen LogP contribution in [0.15, 0.2) is 106 Å². The fraction of sp³-hybridized carbons (Fsp3) is 0.129. The minimum atomic E-state index is -0.536. The highest BCUT2D eigenvalue weighted by molar-refractivity contribution is 8.03. The highest BCUT2D eigenvalue weighted by atomic mass is 32.2. The maximum atomic E-state index is 13.6. The first-order chi connectivity index (χ1) is 18.9. The van der Waals surface area contributed by atoms with Crippen molar-refractivity contribution in [3.8, 4) is 6.07 Å². The van der Waals surface area contributed by atoms with E-state index in [2.05, 4.69) is 22.0 Å². The number of carbonyl (C=O) groups excluding carboxylic acids is 2. The van der Waals surface area contributed by atoms with Crippen LogP contribution in [0.5, 0.6) is 0 Å². The Labute approximate surface area is 235 Å². The van der Waals surface area contributed by atoms with Crippen molar-refractivity contribution >= 4 is 57.1 Å². The van der Waals surface area contributed by atoms with Crippen LogP contribution in [0.1, 0.15) is 23.3 Å². The number of thioether (sulfide) groups is 1. The number of para-hydroxylation sites is 1. The molecule has 0 spiro atoms. The zero-order valence-corrected chi connectivity index (χ0v) is 23.1. The molecule has 3 aromatic carbocycles. The number of fused-ring (bicyclic) bond motifs is 1. The summed E-state index contributed by atoms with van der Waals surface area (Å²) in [5.74, 6) is -0.876. The number of dihydropyridines is 1. The van der Waals surface area contributed by atoms with Crippen molar-refractivity contribution in [1.29, 1.82) is 5.26 Å². The number of benzene rings is 3. The number of hydrogen-bond acceptors (Lipinski definition) is 6. The van der Waals surface area contributed by atoms with E-state index in [-0.39, 0.29) is 17.6 Å². The van der Waals surface area contributed by atoms with E-state index in [1.54, 1.807) is 0 Å². The number of nitrogens with zero attached hydrogens (tertiary/aromatic N) is 1. The van der Waals surface area contributed by atoms with Crippen molar-refractivity contribution in [1.82, 2.24) is 5.32 Å². The Bertz CT molecular complexity index is 1670. The number of carbonyl (C=O) groups is 2. The van der Waals surface area contributed by atoms with Gasteiger partial charge in [-0.25, -0.2) is 0 Å². The second kappa shape index (κ2) is 11.6. The molecule has 1 aliphatic heterocycles. The van der Waals surface area contributed by atoms with E-state index in [0.717, 1.165) is 26.9 Å². The van der Waals surface area contributed by atoms with Crippen LogP contribution in [0.25, 0.3) is 10.8 Å². The third-order valence-corrected chi connectivity index (χ3v) is 8.45. The molecule has 0 bridgehead atoms. The molecule has 2 heterocycles. The average molecular weight is 551 g/mol. The number of aryl methyl sites for hydroxylation is 1. The largest absolute Gasteiger partial charge is 0.353 e. The Morgan fingerprint density at radius 2 is 1.74 bits per heavy atom. The molecule has 39 heavy (non-hydrogen) atoms. The van der Waals surface area contributed by atoms with E-state index in [1.165, 1.54) is 23.1 Å². The lowest BCUT2D eigenvalue weighted by Gasteiger charge is -2.29. The van der Waals surface area contributed by atoms with Gasteiger partial charge in [0.1, 0.15) is 0 Å². The molecule has 8 heteroatoms. The summed E-state index contributed by atoms with van der Waals surface area (Å²) in [5.41, 5.74) is 3.94. The zero-order chi connectivity index (χ0) is 27.4. The first kappa shape index (κ1) is 26.3. The number of nitriles is 1. The highest BCUT2D eigenvalue weighted by Crippen LogP contribution is 2.42. The molecule has 1 aromatic heterocycles. The van der Waals surface area contributed by atoms with E-state index < -0.39 is 5.92 Å². The van der Waals surface area contributed by atoms with Crippen molar-refractivity contribution in [2.75, 3.05) is 16.4 Å². The van der Waals surface area contributed by atoms with E-state index >= 15 is 0 Å². The summed E-state index contributed by atoms with van der Waals surface area (Å²) >= 11 is 2.75. The lowest BCUT2D eigenvalue weighted by molar-refractivity contribution is -0.114. The SMILES string of the molecule is CC1=C(C(=O)Nc2ccccc2C)[C@H](c2cccs2)C(C#N)=C(SCC(=O)Nc2ccc3ccccc3c2)N1. The average Bonchev–Trinajstić information content (AvgIpc) is 3.47. The van der Waals surface area contributed by atoms with E-state index in [9.17, 15) is 14.9 Å². The van der Waals surface area contributed by atoms with Crippen LogP contribution in [-0.2, 0) is 9.59 Å². The maximum absolute atomic E-state index is 13.6. The summed E-state index contributed by atoms with van der Waals surface area (Å²) in [6.07, 6.45) is 0. The molecule has 0 fully saturated rings. The summed E-state index contributed by atoms with van der Waals surface area (Å²) in [6, 6.07) is 27.5. The molecule has 6 nitrogen and oxygen atoms in total. The van der Waals surface area contributed by atoms with E-state index in [0.29, 0.717) is 27.6 Å². The third-order valence-electron chi connectivity index (χ3n) is 6.49. The Morgan fingerprint density at radius 3 is 2.49 bits per heavy atom. The van der Waals surface area contributed by atoms with Gasteiger partial charge in [0.15, 0.2) is 0 Å². The van der Waals surface area contributed by atoms with E-state index in [4.69, 9.17) is 0 Å². The van der Waals surface area contributed by atoms with Crippen molar-refractivity contribution in [2.45, 2.75) is 19.8 Å². The van der Waals surface area contributed by atoms with Gasteiger partial charge in [-0.3, -0.25) is 9.59 Å². The molecule has 0 unspecified atom stereocenters. The first-order valence-electron chi connectivity index (χ1n) is 12.4. The second-order valence-corrected chi connectivity index (χ2v) is 11.1. The van der Waals surface area contributed by atoms with Crippen molar-refractivity contribution in [3.63, 3.8) is 0 Å².